The number of nitrogens with one attached hydrogen (secondary N) is 1. The van der Waals surface area contributed by atoms with E-state index in [0.717, 1.165) is 12.7 Å². The molecule has 2 heteroatoms. The van der Waals surface area contributed by atoms with Crippen LogP contribution in [0.5, 0.6) is 0 Å². The van der Waals surface area contributed by atoms with Crippen LogP contribution in [0, 0.1) is 0 Å². The monoisotopic (exact) mass is 387 g/mol. The van der Waals surface area contributed by atoms with Gasteiger partial charge in [-0.25, -0.2) is 0 Å². The van der Waals surface area contributed by atoms with E-state index in [1.165, 1.54) is 115 Å². The third-order valence-corrected chi connectivity index (χ3v) is 5.60. The van der Waals surface area contributed by atoms with Gasteiger partial charge in [0.2, 0.25) is 0 Å². The Kier molecular flexibility index (Phi) is 16.8. The highest BCUT2D eigenvalue weighted by atomic mass is 16.1. The molecule has 0 aromatic carbocycles. The van der Waals surface area contributed by atoms with Gasteiger partial charge in [0.15, 0.2) is 6.29 Å². The van der Waals surface area contributed by atoms with Crippen molar-refractivity contribution in [2.75, 3.05) is 0 Å². The first-order valence-corrected chi connectivity index (χ1v) is 12.1. The van der Waals surface area contributed by atoms with Crippen molar-refractivity contribution >= 4 is 6.29 Å². The van der Waals surface area contributed by atoms with E-state index in [9.17, 15) is 4.79 Å². The molecule has 0 radical (unpaired) electrons. The molecule has 28 heavy (non-hydrogen) atoms. The molecular weight excluding hydrogens is 342 g/mol. The highest BCUT2D eigenvalue weighted by Gasteiger charge is 1.98. The van der Waals surface area contributed by atoms with Gasteiger partial charge < -0.3 is 4.98 Å². The molecule has 0 spiro atoms. The number of carbonyl (C=O) groups is 1. The van der Waals surface area contributed by atoms with E-state index in [4.69, 9.17) is 0 Å². The van der Waals surface area contributed by atoms with Gasteiger partial charge in [0.1, 0.15) is 0 Å². The van der Waals surface area contributed by atoms with Gasteiger partial charge >= 0.3 is 0 Å². The maximum absolute atomic E-state index is 10.6. The van der Waals surface area contributed by atoms with E-state index in [-0.39, 0.29) is 0 Å². The second kappa shape index (κ2) is 19.0. The summed E-state index contributed by atoms with van der Waals surface area (Å²) in [6.45, 7) is 2.28. The van der Waals surface area contributed by atoms with Crippen molar-refractivity contribution in [2.45, 2.75) is 122 Å². The third-order valence-electron chi connectivity index (χ3n) is 5.60. The number of hydrogen-bond donors (Lipinski definition) is 1. The van der Waals surface area contributed by atoms with Crippen molar-refractivity contribution in [3.8, 4) is 0 Å². The average molecular weight is 388 g/mol. The van der Waals surface area contributed by atoms with Gasteiger partial charge in [-0.05, 0) is 50.7 Å². The molecule has 1 heterocycles. The van der Waals surface area contributed by atoms with Crippen LogP contribution in [0.1, 0.15) is 132 Å². The van der Waals surface area contributed by atoms with Crippen molar-refractivity contribution in [2.24, 2.45) is 0 Å². The standard InChI is InChI=1S/C26H45NO/c1-2-3-4-5-6-7-8-9-10-11-12-13-14-15-16-17-18-19-20-21-25-22-23-26(24-28)27-25/h11-12,22-24,27H,2-10,13-21H2,1H3. The number of unbranched alkanes of at least 4 members (excludes halogenated alkanes) is 15. The molecular formula is C26H45NO. The minimum absolute atomic E-state index is 0.696. The van der Waals surface area contributed by atoms with Gasteiger partial charge in [0.25, 0.3) is 0 Å². The van der Waals surface area contributed by atoms with Crippen molar-refractivity contribution < 1.29 is 4.79 Å². The van der Waals surface area contributed by atoms with Crippen molar-refractivity contribution in [1.29, 1.82) is 0 Å². The number of carbonyl (C=O) groups excluding carboxylic acids is 1. The van der Waals surface area contributed by atoms with Crippen LogP contribution < -0.4 is 0 Å². The Hall–Kier alpha value is -1.31. The number of aldehydes is 1. The molecule has 0 saturated heterocycles. The summed E-state index contributed by atoms with van der Waals surface area (Å²) in [5.74, 6) is 0. The van der Waals surface area contributed by atoms with Gasteiger partial charge in [-0.15, -0.1) is 0 Å². The Bertz CT molecular complexity index is 488. The molecule has 160 valence electrons. The molecule has 2 nitrogen and oxygen atoms in total. The Labute approximate surface area is 174 Å². The van der Waals surface area contributed by atoms with Crippen LogP contribution in [-0.2, 0) is 6.42 Å². The van der Waals surface area contributed by atoms with Gasteiger partial charge in [-0.1, -0.05) is 96.1 Å². The third kappa shape index (κ3) is 14.7. The number of rotatable bonds is 20. The largest absolute Gasteiger partial charge is 0.356 e. The zero-order valence-electron chi connectivity index (χ0n) is 18.5. The number of aromatic nitrogens is 1. The first-order chi connectivity index (χ1) is 13.9. The van der Waals surface area contributed by atoms with E-state index in [1.807, 2.05) is 12.1 Å². The van der Waals surface area contributed by atoms with E-state index < -0.39 is 0 Å². The summed E-state index contributed by atoms with van der Waals surface area (Å²) in [5, 5.41) is 0. The summed E-state index contributed by atoms with van der Waals surface area (Å²) in [6.07, 6.45) is 30.0. The molecule has 0 atom stereocenters. The second-order valence-corrected chi connectivity index (χ2v) is 8.31. The van der Waals surface area contributed by atoms with E-state index in [0.29, 0.717) is 5.69 Å². The molecule has 0 aliphatic heterocycles. The highest BCUT2D eigenvalue weighted by Crippen LogP contribution is 2.12. The minimum atomic E-state index is 0.696. The summed E-state index contributed by atoms with van der Waals surface area (Å²) >= 11 is 0. The van der Waals surface area contributed by atoms with Gasteiger partial charge in [0, 0.05) is 5.69 Å². The number of hydrogen-bond acceptors (Lipinski definition) is 1. The van der Waals surface area contributed by atoms with Crippen molar-refractivity contribution in [3.63, 3.8) is 0 Å². The summed E-state index contributed by atoms with van der Waals surface area (Å²) in [5.41, 5.74) is 1.89. The lowest BCUT2D eigenvalue weighted by atomic mass is 10.1. The van der Waals surface area contributed by atoms with E-state index in [1.54, 1.807) is 0 Å². The lowest BCUT2D eigenvalue weighted by molar-refractivity contribution is 0.111. The molecule has 1 rings (SSSR count). The Balaban J connectivity index is 1.75. The molecule has 1 N–H and O–H groups in total. The summed E-state index contributed by atoms with van der Waals surface area (Å²) in [4.78, 5) is 13.8. The van der Waals surface area contributed by atoms with E-state index >= 15 is 0 Å². The molecule has 0 aliphatic carbocycles. The van der Waals surface area contributed by atoms with E-state index in [2.05, 4.69) is 24.1 Å². The smallest absolute Gasteiger partial charge is 0.166 e. The molecule has 0 aliphatic rings. The number of aryl methyl sites for hydroxylation is 1. The summed E-state index contributed by atoms with van der Waals surface area (Å²) < 4.78 is 0. The molecule has 1 aromatic rings. The predicted octanol–water partition coefficient (Wildman–Crippen LogP) is 8.58. The number of aromatic amines is 1. The average Bonchev–Trinajstić information content (AvgIpc) is 3.18. The van der Waals surface area contributed by atoms with Crippen LogP contribution in [0.2, 0.25) is 0 Å². The number of allylic oxidation sites excluding steroid dienone is 2. The van der Waals surface area contributed by atoms with Gasteiger partial charge in [-0.3, -0.25) is 4.79 Å². The lowest BCUT2D eigenvalue weighted by Gasteiger charge is -2.01. The fraction of sp³-hybridized carbons (Fsp3) is 0.731. The first kappa shape index (κ1) is 24.7. The maximum Gasteiger partial charge on any atom is 0.166 e. The van der Waals surface area contributed by atoms with Crippen LogP contribution in [-0.4, -0.2) is 11.3 Å². The predicted molar refractivity (Wildman–Crippen MR) is 123 cm³/mol. The summed E-state index contributed by atoms with van der Waals surface area (Å²) in [7, 11) is 0. The highest BCUT2D eigenvalue weighted by molar-refractivity contribution is 5.71. The molecule has 0 saturated carbocycles. The molecule has 1 aromatic heterocycles. The molecule has 0 unspecified atom stereocenters. The normalized spacial score (nSPS) is 11.5. The quantitative estimate of drug-likeness (QED) is 0.136. The Morgan fingerprint density at radius 3 is 1.68 bits per heavy atom. The van der Waals surface area contributed by atoms with Gasteiger partial charge in [0.05, 0.1) is 5.69 Å². The number of H-pyrrole nitrogens is 1. The van der Waals surface area contributed by atoms with Gasteiger partial charge in [-0.2, -0.15) is 0 Å². The lowest BCUT2D eigenvalue weighted by Crippen LogP contribution is -1.88. The zero-order chi connectivity index (χ0) is 20.1. The van der Waals surface area contributed by atoms with Crippen LogP contribution in [0.3, 0.4) is 0 Å². The first-order valence-electron chi connectivity index (χ1n) is 12.1. The van der Waals surface area contributed by atoms with Crippen LogP contribution in [0.4, 0.5) is 0 Å². The summed E-state index contributed by atoms with van der Waals surface area (Å²) in [6, 6.07) is 3.90. The van der Waals surface area contributed by atoms with Crippen LogP contribution in [0.25, 0.3) is 0 Å². The fourth-order valence-corrected chi connectivity index (χ4v) is 3.77. The van der Waals surface area contributed by atoms with Crippen molar-refractivity contribution in [1.82, 2.24) is 4.98 Å². The molecule has 0 fully saturated rings. The Morgan fingerprint density at radius 1 is 0.679 bits per heavy atom. The zero-order valence-corrected chi connectivity index (χ0v) is 18.5. The second-order valence-electron chi connectivity index (χ2n) is 8.31. The SMILES string of the molecule is CCCCCCCCCCC=CCCCCCCCCCc1ccc(C=O)[nH]1. The maximum atomic E-state index is 10.6. The fourth-order valence-electron chi connectivity index (χ4n) is 3.77. The minimum Gasteiger partial charge on any atom is -0.356 e. The molecule has 0 bridgehead atoms. The van der Waals surface area contributed by atoms with Crippen molar-refractivity contribution in [3.05, 3.63) is 35.7 Å². The Morgan fingerprint density at radius 2 is 1.18 bits per heavy atom. The van der Waals surface area contributed by atoms with Crippen LogP contribution in [0.15, 0.2) is 24.3 Å². The van der Waals surface area contributed by atoms with Crippen LogP contribution >= 0.6 is 0 Å². The topological polar surface area (TPSA) is 32.9 Å². The molecule has 0 amide bonds.